The maximum atomic E-state index is 12.0. The van der Waals surface area contributed by atoms with Gasteiger partial charge in [-0.15, -0.1) is 0 Å². The number of aliphatic hydroxyl groups is 1. The van der Waals surface area contributed by atoms with Crippen molar-refractivity contribution in [3.8, 4) is 0 Å². The Morgan fingerprint density at radius 2 is 1.26 bits per heavy atom. The molecule has 0 aliphatic carbocycles. The topological polar surface area (TPSA) is 61.8 Å². The van der Waals surface area contributed by atoms with Crippen molar-refractivity contribution < 1.29 is 14.6 Å². The lowest BCUT2D eigenvalue weighted by atomic mass is 9.84. The van der Waals surface area contributed by atoms with Crippen LogP contribution in [-0.2, 0) is 23.4 Å². The van der Waals surface area contributed by atoms with Gasteiger partial charge in [-0.1, -0.05) is 91.0 Å². The van der Waals surface area contributed by atoms with Crippen LogP contribution >= 0.6 is 0 Å². The summed E-state index contributed by atoms with van der Waals surface area (Å²) in [5, 5.41) is 14.1. The first-order valence-corrected chi connectivity index (χ1v) is 12.3. The number of hydrogen-bond acceptors (Lipinski definition) is 4. The van der Waals surface area contributed by atoms with Crippen molar-refractivity contribution in [1.82, 2.24) is 10.2 Å². The van der Waals surface area contributed by atoms with Crippen LogP contribution in [-0.4, -0.2) is 34.8 Å². The van der Waals surface area contributed by atoms with E-state index >= 15 is 0 Å². The lowest BCUT2D eigenvalue weighted by Crippen LogP contribution is -2.46. The molecule has 3 aromatic carbocycles. The van der Waals surface area contributed by atoms with Crippen LogP contribution in [0.15, 0.2) is 91.0 Å². The van der Waals surface area contributed by atoms with E-state index in [1.807, 2.05) is 63.2 Å². The zero-order valence-corrected chi connectivity index (χ0v) is 21.1. The molecule has 35 heavy (non-hydrogen) atoms. The molecule has 1 heterocycles. The Morgan fingerprint density at radius 3 is 1.69 bits per heavy atom. The van der Waals surface area contributed by atoms with Crippen molar-refractivity contribution >= 4 is 6.09 Å². The van der Waals surface area contributed by atoms with Gasteiger partial charge in [0.15, 0.2) is 0 Å². The number of carbonyl (C=O) groups is 1. The molecule has 1 aliphatic rings. The maximum absolute atomic E-state index is 12.0. The van der Waals surface area contributed by atoms with E-state index in [1.54, 1.807) is 4.90 Å². The van der Waals surface area contributed by atoms with Gasteiger partial charge in [-0.3, -0.25) is 0 Å². The van der Waals surface area contributed by atoms with Gasteiger partial charge in [-0.2, -0.15) is 0 Å². The third kappa shape index (κ3) is 8.85. The van der Waals surface area contributed by atoms with Crippen molar-refractivity contribution in [2.75, 3.05) is 13.1 Å². The number of rotatable bonds is 5. The summed E-state index contributed by atoms with van der Waals surface area (Å²) in [5.74, 6) is 0. The van der Waals surface area contributed by atoms with E-state index in [2.05, 4.69) is 53.8 Å². The number of ether oxygens (including phenoxy) is 1. The van der Waals surface area contributed by atoms with Crippen molar-refractivity contribution in [2.45, 2.75) is 57.9 Å². The van der Waals surface area contributed by atoms with E-state index in [0.29, 0.717) is 25.9 Å². The van der Waals surface area contributed by atoms with Crippen molar-refractivity contribution in [1.29, 1.82) is 0 Å². The summed E-state index contributed by atoms with van der Waals surface area (Å²) in [6, 6.07) is 30.6. The molecule has 1 saturated heterocycles. The molecule has 0 atom stereocenters. The Labute approximate surface area is 209 Å². The minimum Gasteiger partial charge on any atom is -0.444 e. The highest BCUT2D eigenvalue weighted by molar-refractivity contribution is 5.68. The standard InChI is InChI=1S/C16H23NO3.C14H15N/c1-15(2,3)20-14(18)17-11-9-16(19,10-12-17)13-7-5-4-6-8-13;1-3-7-13(8-4-1)11-15-12-14-9-5-2-6-10-14/h4-8,19H,9-12H2,1-3H3;1-10,15H,11-12H2. The number of nitrogens with one attached hydrogen (secondary N) is 1. The lowest BCUT2D eigenvalue weighted by molar-refractivity contribution is -0.0356. The molecule has 5 heteroatoms. The van der Waals surface area contributed by atoms with Crippen LogP contribution < -0.4 is 5.32 Å². The van der Waals surface area contributed by atoms with E-state index in [0.717, 1.165) is 18.7 Å². The number of likely N-dealkylation sites (tertiary alicyclic amines) is 1. The fourth-order valence-corrected chi connectivity index (χ4v) is 3.97. The third-order valence-electron chi connectivity index (χ3n) is 5.90. The lowest BCUT2D eigenvalue weighted by Gasteiger charge is -2.38. The molecule has 0 saturated carbocycles. The zero-order chi connectivity index (χ0) is 25.2. The summed E-state index contributed by atoms with van der Waals surface area (Å²) < 4.78 is 5.36. The molecule has 0 unspecified atom stereocenters. The Hall–Kier alpha value is -3.15. The van der Waals surface area contributed by atoms with Crippen LogP contribution in [0.1, 0.15) is 50.3 Å². The van der Waals surface area contributed by atoms with E-state index in [-0.39, 0.29) is 6.09 Å². The molecule has 0 spiro atoms. The molecule has 186 valence electrons. The summed E-state index contributed by atoms with van der Waals surface area (Å²) in [6.45, 7) is 8.45. The highest BCUT2D eigenvalue weighted by Crippen LogP contribution is 2.33. The second kappa shape index (κ2) is 12.5. The minimum absolute atomic E-state index is 0.299. The highest BCUT2D eigenvalue weighted by Gasteiger charge is 2.36. The van der Waals surface area contributed by atoms with E-state index < -0.39 is 11.2 Å². The normalized spacial score (nSPS) is 15.0. The van der Waals surface area contributed by atoms with Gasteiger partial charge >= 0.3 is 6.09 Å². The van der Waals surface area contributed by atoms with Gasteiger partial charge in [0.1, 0.15) is 5.60 Å². The average molecular weight is 475 g/mol. The van der Waals surface area contributed by atoms with Crippen LogP contribution in [0.25, 0.3) is 0 Å². The summed E-state index contributed by atoms with van der Waals surface area (Å²) >= 11 is 0. The number of benzene rings is 3. The van der Waals surface area contributed by atoms with Crippen LogP contribution in [0, 0.1) is 0 Å². The predicted molar refractivity (Wildman–Crippen MR) is 141 cm³/mol. The smallest absolute Gasteiger partial charge is 0.410 e. The summed E-state index contributed by atoms with van der Waals surface area (Å²) in [4.78, 5) is 13.7. The van der Waals surface area contributed by atoms with E-state index in [4.69, 9.17) is 4.74 Å². The molecule has 1 fully saturated rings. The molecule has 1 amide bonds. The van der Waals surface area contributed by atoms with Gasteiger partial charge in [-0.25, -0.2) is 4.79 Å². The van der Waals surface area contributed by atoms with Crippen LogP contribution in [0.4, 0.5) is 4.79 Å². The second-order valence-electron chi connectivity index (χ2n) is 9.94. The summed E-state index contributed by atoms with van der Waals surface area (Å²) in [6.07, 6.45) is 0.777. The molecule has 0 bridgehead atoms. The van der Waals surface area contributed by atoms with Crippen LogP contribution in [0.2, 0.25) is 0 Å². The predicted octanol–water partition coefficient (Wildman–Crippen LogP) is 5.88. The van der Waals surface area contributed by atoms with Gasteiger partial charge in [0, 0.05) is 26.2 Å². The molecule has 0 radical (unpaired) electrons. The first-order valence-electron chi connectivity index (χ1n) is 12.3. The number of hydrogen-bond donors (Lipinski definition) is 2. The summed E-state index contributed by atoms with van der Waals surface area (Å²) in [5.41, 5.74) is 2.26. The van der Waals surface area contributed by atoms with Gasteiger partial charge in [0.2, 0.25) is 0 Å². The summed E-state index contributed by atoms with van der Waals surface area (Å²) in [7, 11) is 0. The molecular weight excluding hydrogens is 436 g/mol. The number of piperidine rings is 1. The number of nitrogens with zero attached hydrogens (tertiary/aromatic N) is 1. The second-order valence-corrected chi connectivity index (χ2v) is 9.94. The van der Waals surface area contributed by atoms with Gasteiger partial charge in [-0.05, 0) is 50.3 Å². The van der Waals surface area contributed by atoms with Crippen molar-refractivity contribution in [3.63, 3.8) is 0 Å². The molecule has 1 aliphatic heterocycles. The van der Waals surface area contributed by atoms with E-state index in [1.165, 1.54) is 11.1 Å². The fourth-order valence-electron chi connectivity index (χ4n) is 3.97. The first kappa shape index (κ1) is 26.5. The van der Waals surface area contributed by atoms with Gasteiger partial charge in [0.05, 0.1) is 5.60 Å². The minimum atomic E-state index is -0.834. The Balaban J connectivity index is 0.000000203. The largest absolute Gasteiger partial charge is 0.444 e. The monoisotopic (exact) mass is 474 g/mol. The Bertz CT molecular complexity index is 970. The van der Waals surface area contributed by atoms with Gasteiger partial charge < -0.3 is 20.1 Å². The molecule has 4 rings (SSSR count). The molecule has 2 N–H and O–H groups in total. The van der Waals surface area contributed by atoms with E-state index in [9.17, 15) is 9.90 Å². The molecular formula is C30H38N2O3. The first-order chi connectivity index (χ1) is 16.8. The Morgan fingerprint density at radius 1 is 0.829 bits per heavy atom. The quantitative estimate of drug-likeness (QED) is 0.485. The number of amides is 1. The van der Waals surface area contributed by atoms with Crippen molar-refractivity contribution in [2.24, 2.45) is 0 Å². The van der Waals surface area contributed by atoms with Gasteiger partial charge in [0.25, 0.3) is 0 Å². The average Bonchev–Trinajstić information content (AvgIpc) is 2.86. The zero-order valence-electron chi connectivity index (χ0n) is 21.1. The SMILES string of the molecule is CC(C)(C)OC(=O)N1CCC(O)(c2ccccc2)CC1.c1ccc(CNCc2ccccc2)cc1. The number of carbonyl (C=O) groups excluding carboxylic acids is 1. The van der Waals surface area contributed by atoms with Crippen LogP contribution in [0.3, 0.4) is 0 Å². The molecule has 3 aromatic rings. The third-order valence-corrected chi connectivity index (χ3v) is 5.90. The van der Waals surface area contributed by atoms with Crippen LogP contribution in [0.5, 0.6) is 0 Å². The highest BCUT2D eigenvalue weighted by atomic mass is 16.6. The Kier molecular flexibility index (Phi) is 9.47. The van der Waals surface area contributed by atoms with Crippen molar-refractivity contribution in [3.05, 3.63) is 108 Å². The fraction of sp³-hybridized carbons (Fsp3) is 0.367. The molecule has 0 aromatic heterocycles. The molecule has 5 nitrogen and oxygen atoms in total. The maximum Gasteiger partial charge on any atom is 0.410 e.